The molecule has 4 aromatic heterocycles. The van der Waals surface area contributed by atoms with E-state index in [1.165, 1.54) is 44.9 Å². The van der Waals surface area contributed by atoms with E-state index in [2.05, 4.69) is 77.5 Å². The predicted molar refractivity (Wildman–Crippen MR) is 425 cm³/mol. The average Bonchev–Trinajstić information content (AvgIpc) is 1.32. The quantitative estimate of drug-likeness (QED) is 0.0278. The molecule has 2 fully saturated rings. The molecule has 0 saturated carbocycles. The molecule has 2 saturated heterocycles. The third-order valence-corrected chi connectivity index (χ3v) is 23.6. The molecule has 15 rings (SSSR count). The first-order valence-electron chi connectivity index (χ1n) is 37.8. The summed E-state index contributed by atoms with van der Waals surface area (Å²) in [6.45, 7) is 6.30. The van der Waals surface area contributed by atoms with Crippen LogP contribution in [0.4, 0.5) is 23.5 Å². The number of aromatic nitrogens is 8. The molecule has 0 amide bonds. The molecule has 6 unspecified atom stereocenters. The van der Waals surface area contributed by atoms with E-state index in [9.17, 15) is 39.1 Å². The Labute approximate surface area is 652 Å². The van der Waals surface area contributed by atoms with Crippen molar-refractivity contribution in [2.45, 2.75) is 145 Å². The van der Waals surface area contributed by atoms with Crippen LogP contribution >= 0.6 is 15.5 Å². The van der Waals surface area contributed by atoms with Gasteiger partial charge in [0.05, 0.1) is 39.1 Å². The number of ether oxygens (including phenoxy) is 4. The zero-order valence-corrected chi connectivity index (χ0v) is 64.6. The van der Waals surface area contributed by atoms with Gasteiger partial charge in [0.2, 0.25) is 11.9 Å². The summed E-state index contributed by atoms with van der Waals surface area (Å²) >= 11 is 0. The number of allylic oxidation sites excluding steroid dienone is 1. The highest BCUT2D eigenvalue weighted by Gasteiger charge is 2.56. The van der Waals surface area contributed by atoms with Crippen molar-refractivity contribution in [3.05, 3.63) is 217 Å². The smallest absolute Gasteiger partial charge is 0.459 e. The van der Waals surface area contributed by atoms with Crippen LogP contribution in [-0.4, -0.2) is 159 Å². The van der Waals surface area contributed by atoms with E-state index in [1.54, 1.807) is 28.8 Å². The van der Waals surface area contributed by atoms with Crippen LogP contribution in [0, 0.1) is 0 Å². The summed E-state index contributed by atoms with van der Waals surface area (Å²) in [7, 11) is -8.79. The molecule has 11 N–H and O–H groups in total. The average molecular weight is 1580 g/mol. The van der Waals surface area contributed by atoms with Crippen LogP contribution < -0.4 is 40.9 Å². The van der Waals surface area contributed by atoms with Crippen molar-refractivity contribution in [3.8, 4) is 11.5 Å². The van der Waals surface area contributed by atoms with E-state index in [0.717, 1.165) is 53.1 Å². The summed E-state index contributed by atoms with van der Waals surface area (Å²) in [5.41, 5.74) is 5.46. The number of aliphatic hydroxyl groups is 4. The Morgan fingerprint density at radius 3 is 1.49 bits per heavy atom. The summed E-state index contributed by atoms with van der Waals surface area (Å²) in [5.74, 6) is 0.328. The van der Waals surface area contributed by atoms with E-state index in [4.69, 9.17) is 57.7 Å². The lowest BCUT2D eigenvalue weighted by atomic mass is 9.77. The van der Waals surface area contributed by atoms with Gasteiger partial charge in [-0.3, -0.25) is 27.8 Å². The molecule has 0 radical (unpaired) electrons. The summed E-state index contributed by atoms with van der Waals surface area (Å²) < 4.78 is 79.8. The highest BCUT2D eigenvalue weighted by molar-refractivity contribution is 7.52. The molecule has 32 heteroatoms. The van der Waals surface area contributed by atoms with Crippen LogP contribution in [0.5, 0.6) is 11.5 Å². The van der Waals surface area contributed by atoms with Crippen molar-refractivity contribution in [1.29, 1.82) is 0 Å². The summed E-state index contributed by atoms with van der Waals surface area (Å²) in [5, 5.41) is 65.5. The largest absolute Gasteiger partial charge is 0.465 e. The Hall–Kier alpha value is -10.3. The first-order valence-corrected chi connectivity index (χ1v) is 40.9. The molecule has 30 nitrogen and oxygen atoms in total. The SMILES string of the molecule is C[C@@H]1NP(=O)(Oc2cccc3ccccc23)OCC2OC(n3cnc4c(nc(N)nc43)NCCCCCCCOC1=O)[C@](C)(O)[C@@H]2O.C[C@@H]1NP(=O)(Oc2cccc3ccccc23)OCC2OC(n3cnc4c(nc(NC(c5ccccc5)(c5ccccc5)c5ccccc5)nc43)NCCC=CCCCOC1=O)[C@](C)(O)[C@@H]2O. The number of rotatable bonds is 9. The molecule has 0 aliphatic carbocycles. The number of nitrogens with zero attached hydrogens (tertiary/aromatic N) is 8. The van der Waals surface area contributed by atoms with Crippen LogP contribution in [-0.2, 0) is 52.3 Å². The van der Waals surface area contributed by atoms with Crippen molar-refractivity contribution in [2.24, 2.45) is 0 Å². The molecule has 113 heavy (non-hydrogen) atoms. The van der Waals surface area contributed by atoms with Crippen molar-refractivity contribution in [3.63, 3.8) is 0 Å². The van der Waals surface area contributed by atoms with Gasteiger partial charge in [-0.05, 0) is 99.4 Å². The lowest BCUT2D eigenvalue weighted by molar-refractivity contribution is -0.146. The number of esters is 2. The molecule has 4 aliphatic rings. The number of benzene rings is 7. The van der Waals surface area contributed by atoms with E-state index >= 15 is 0 Å². The zero-order chi connectivity index (χ0) is 78.9. The van der Waals surface area contributed by atoms with Crippen molar-refractivity contribution >= 4 is 94.8 Å². The topological polar surface area (TPSA) is 396 Å². The number of fused-ring (bicyclic) bond motifs is 8. The lowest BCUT2D eigenvalue weighted by Gasteiger charge is -2.37. The number of cyclic esters (lactones) is 2. The van der Waals surface area contributed by atoms with Crippen LogP contribution in [0.1, 0.15) is 108 Å². The molecule has 4 aliphatic heterocycles. The van der Waals surface area contributed by atoms with Crippen molar-refractivity contribution < 1.29 is 76.2 Å². The minimum Gasteiger partial charge on any atom is -0.465 e. The van der Waals surface area contributed by atoms with Crippen LogP contribution in [0.2, 0.25) is 0 Å². The number of hydrogen-bond acceptors (Lipinski definition) is 26. The van der Waals surface area contributed by atoms with Gasteiger partial charge in [0.25, 0.3) is 0 Å². The van der Waals surface area contributed by atoms with E-state index in [0.29, 0.717) is 83.5 Å². The van der Waals surface area contributed by atoms with Gasteiger partial charge >= 0.3 is 27.4 Å². The van der Waals surface area contributed by atoms with E-state index in [-0.39, 0.29) is 36.6 Å². The molecular formula is C81H92N14O16P2. The minimum absolute atomic E-state index is 0.00413. The third-order valence-electron chi connectivity index (χ3n) is 20.3. The van der Waals surface area contributed by atoms with Gasteiger partial charge in [-0.1, -0.05) is 195 Å². The predicted octanol–water partition coefficient (Wildman–Crippen LogP) is 11.9. The molecule has 11 aromatic rings. The Morgan fingerprint density at radius 2 is 0.965 bits per heavy atom. The van der Waals surface area contributed by atoms with Crippen LogP contribution in [0.3, 0.4) is 0 Å². The highest BCUT2D eigenvalue weighted by atomic mass is 31.2. The molecule has 12 atom stereocenters. The van der Waals surface area contributed by atoms with Gasteiger partial charge in [-0.25, -0.2) is 19.1 Å². The standard InChI is InChI=1S/C50H52N7O8P.C31H40N7O8P/c1-34-46(59)62-31-18-5-3-4-17-30-51-44-42-45(54-48(53-44)55-50(36-22-9-6-10-23-36,37-24-11-7-12-25-37)38-26-13-8-14-27-38)57(33-52-42)47-49(2,60)43(58)41(64-47)32-63-66(61,56-34)65-40-29-19-21-35-20-15-16-28-39(35)40;1-19-28(40)43-16-9-5-3-4-8-15-33-26-24-27(36-30(32)35-26)38(18-34-24)29-31(2,41)25(39)23(45-29)17-44-47(42,37-19)46-22-14-10-12-20-11-6-7-13-21(20)22/h3-4,6-16,19-29,33-34,41,43,47,58,60H,5,17-18,30-32H2,1-2H3,(H,56,61)(H2,51,53,54,55);6-7,10-14,18-19,23,25,29,39,41H,3-5,8-9,15-17H2,1-2H3,(H,37,42)(H3,32,33,35,36)/t34-,41?,43+,47?,49+,66?;19-,23?,25+,29?,31+,47?/m00/s1. The number of hydrogen-bond donors (Lipinski definition) is 10. The van der Waals surface area contributed by atoms with Gasteiger partial charge < -0.3 is 70.1 Å². The number of carbonyl (C=O) groups is 2. The molecule has 592 valence electrons. The second-order valence-electron chi connectivity index (χ2n) is 28.6. The maximum atomic E-state index is 14.8. The number of anilines is 4. The number of carbonyl (C=O) groups excluding carboxylic acids is 2. The van der Waals surface area contributed by atoms with Crippen molar-refractivity contribution in [1.82, 2.24) is 49.2 Å². The van der Waals surface area contributed by atoms with Gasteiger partial charge in [0.15, 0.2) is 46.4 Å². The number of aliphatic hydroxyl groups excluding tert-OH is 2. The second-order valence-corrected chi connectivity index (χ2v) is 32.0. The van der Waals surface area contributed by atoms with Crippen LogP contribution in [0.25, 0.3) is 43.9 Å². The lowest BCUT2D eigenvalue weighted by Crippen LogP contribution is -2.44. The van der Waals surface area contributed by atoms with E-state index < -0.39 is 106 Å². The molecular weight excluding hydrogens is 1490 g/mol. The van der Waals surface area contributed by atoms with Gasteiger partial charge in [-0.15, -0.1) is 0 Å². The van der Waals surface area contributed by atoms with E-state index in [1.807, 2.05) is 127 Å². The monoisotopic (exact) mass is 1580 g/mol. The Morgan fingerprint density at radius 1 is 0.531 bits per heavy atom. The Kier molecular flexibility index (Phi) is 24.3. The maximum absolute atomic E-state index is 14.8. The fraction of sp³-hybridized carbons (Fsp3) is 0.358. The Balaban J connectivity index is 0.000000198. The molecule has 7 aromatic carbocycles. The van der Waals surface area contributed by atoms with Crippen molar-refractivity contribution in [2.75, 3.05) is 61.2 Å². The minimum atomic E-state index is -4.44. The number of nitrogens with two attached hydrogens (primary N) is 1. The molecule has 0 spiro atoms. The molecule has 8 heterocycles. The summed E-state index contributed by atoms with van der Waals surface area (Å²) in [6.07, 6.45) is 5.12. The zero-order valence-electron chi connectivity index (χ0n) is 62.8. The fourth-order valence-corrected chi connectivity index (χ4v) is 17.4. The van der Waals surface area contributed by atoms with Gasteiger partial charge in [0.1, 0.15) is 64.7 Å². The van der Waals surface area contributed by atoms with Crippen LogP contribution in [0.15, 0.2) is 201 Å². The van der Waals surface area contributed by atoms with Gasteiger partial charge in [0, 0.05) is 23.9 Å². The molecule has 12 bridgehead atoms. The maximum Gasteiger partial charge on any atom is 0.459 e. The number of imidazole rings is 2. The second kappa shape index (κ2) is 34.6. The number of nitrogens with one attached hydrogen (secondary N) is 5. The Bertz CT molecular complexity index is 5170. The first kappa shape index (κ1) is 79.3. The third kappa shape index (κ3) is 17.4. The fourth-order valence-electron chi connectivity index (χ4n) is 14.4. The normalized spacial score (nSPS) is 26.8. The van der Waals surface area contributed by atoms with Gasteiger partial charge in [-0.2, -0.15) is 30.1 Å². The summed E-state index contributed by atoms with van der Waals surface area (Å²) in [4.78, 5) is 54.1. The first-order chi connectivity index (χ1) is 54.6. The highest BCUT2D eigenvalue weighted by Crippen LogP contribution is 2.52. The summed E-state index contributed by atoms with van der Waals surface area (Å²) in [6, 6.07) is 53.4. The number of nitrogen functional groups attached to an aromatic ring is 1.